The fraction of sp³-hybridized carbons (Fsp3) is 0.263. The Labute approximate surface area is 141 Å². The van der Waals surface area contributed by atoms with Crippen molar-refractivity contribution >= 4 is 22.5 Å². The lowest BCUT2D eigenvalue weighted by atomic mass is 10.1. The average Bonchev–Trinajstić information content (AvgIpc) is 2.57. The Morgan fingerprint density at radius 2 is 1.88 bits per heavy atom. The Morgan fingerprint density at radius 3 is 2.42 bits per heavy atom. The maximum Gasteiger partial charge on any atom is 0.336 e. The molecule has 0 aliphatic rings. The van der Waals surface area contributed by atoms with Crippen LogP contribution in [0.5, 0.6) is 0 Å². The molecule has 24 heavy (non-hydrogen) atoms. The molecule has 0 unspecified atom stereocenters. The van der Waals surface area contributed by atoms with Crippen LogP contribution in [0, 0.1) is 6.92 Å². The second-order valence-electron chi connectivity index (χ2n) is 5.36. The summed E-state index contributed by atoms with van der Waals surface area (Å²) in [4.78, 5) is 17.3. The molecule has 1 aromatic carbocycles. The van der Waals surface area contributed by atoms with Crippen molar-refractivity contribution in [2.75, 3.05) is 23.7 Å². The number of hydrogen-bond donors (Lipinski definition) is 1. The molecule has 5 heteroatoms. The van der Waals surface area contributed by atoms with E-state index in [-0.39, 0.29) is 5.63 Å². The number of aromatic nitrogens is 1. The molecule has 2 heterocycles. The van der Waals surface area contributed by atoms with Crippen LogP contribution < -0.4 is 16.3 Å². The maximum absolute atomic E-state index is 11.3. The number of fused-ring (bicyclic) bond motifs is 1. The molecule has 0 bridgehead atoms. The molecule has 3 rings (SSSR count). The Morgan fingerprint density at radius 1 is 1.12 bits per heavy atom. The Kier molecular flexibility index (Phi) is 5.95. The zero-order valence-electron chi connectivity index (χ0n) is 14.3. The van der Waals surface area contributed by atoms with Gasteiger partial charge in [0.05, 0.1) is 0 Å². The van der Waals surface area contributed by atoms with Gasteiger partial charge in [-0.1, -0.05) is 6.07 Å². The van der Waals surface area contributed by atoms with E-state index < -0.39 is 0 Å². The summed E-state index contributed by atoms with van der Waals surface area (Å²) in [6, 6.07) is 13.0. The molecule has 126 valence electrons. The maximum atomic E-state index is 11.3. The number of aryl methyl sites for hydroxylation is 1. The minimum absolute atomic E-state index is 0.285. The Bertz CT molecular complexity index is 840. The van der Waals surface area contributed by atoms with E-state index in [1.165, 1.54) is 6.07 Å². The van der Waals surface area contributed by atoms with Gasteiger partial charge in [0.15, 0.2) is 0 Å². The summed E-state index contributed by atoms with van der Waals surface area (Å²) in [5, 5.41) is 1.00. The van der Waals surface area contributed by atoms with Crippen molar-refractivity contribution in [3.05, 3.63) is 64.6 Å². The lowest BCUT2D eigenvalue weighted by Crippen LogP contribution is -2.21. The number of rotatable bonds is 3. The predicted octanol–water partition coefficient (Wildman–Crippen LogP) is 3.61. The lowest BCUT2D eigenvalue weighted by molar-refractivity contribution is 0.560. The molecule has 2 N–H and O–H groups in total. The summed E-state index contributed by atoms with van der Waals surface area (Å²) in [5.74, 6) is 0.572. The summed E-state index contributed by atoms with van der Waals surface area (Å²) < 4.78 is 5.24. The summed E-state index contributed by atoms with van der Waals surface area (Å²) in [6.07, 6.45) is 1.66. The van der Waals surface area contributed by atoms with Gasteiger partial charge in [0.2, 0.25) is 0 Å². The summed E-state index contributed by atoms with van der Waals surface area (Å²) in [7, 11) is 0. The minimum atomic E-state index is -0.285. The highest BCUT2D eigenvalue weighted by Crippen LogP contribution is 2.23. The standard InChI is InChI=1S/C14H17NO2.C5H6N2/c1-4-15(5-2)11-6-7-12-10(3)8-14(16)17-13(12)9-11;6-5-3-1-2-4-7-5/h6-9H,4-5H2,1-3H3;1-4H,(H2,6,7). The van der Waals surface area contributed by atoms with Gasteiger partial charge < -0.3 is 15.1 Å². The van der Waals surface area contributed by atoms with Gasteiger partial charge >= 0.3 is 5.63 Å². The van der Waals surface area contributed by atoms with Gasteiger partial charge in [-0.15, -0.1) is 0 Å². The van der Waals surface area contributed by atoms with Gasteiger partial charge in [-0.3, -0.25) is 0 Å². The number of nitrogen functional groups attached to an aromatic ring is 1. The van der Waals surface area contributed by atoms with Crippen LogP contribution in [0.4, 0.5) is 11.5 Å². The SMILES string of the molecule is CCN(CC)c1ccc2c(C)cc(=O)oc2c1.Nc1ccccn1. The van der Waals surface area contributed by atoms with Crippen LogP contribution in [0.1, 0.15) is 19.4 Å². The Balaban J connectivity index is 0.000000249. The molecule has 2 aromatic heterocycles. The quantitative estimate of drug-likeness (QED) is 0.745. The van der Waals surface area contributed by atoms with E-state index in [1.54, 1.807) is 12.3 Å². The van der Waals surface area contributed by atoms with Crippen LogP contribution >= 0.6 is 0 Å². The van der Waals surface area contributed by atoms with Crippen molar-refractivity contribution in [1.82, 2.24) is 4.98 Å². The summed E-state index contributed by atoms with van der Waals surface area (Å²) in [6.45, 7) is 8.03. The largest absolute Gasteiger partial charge is 0.423 e. The first-order valence-electron chi connectivity index (χ1n) is 8.01. The molecule has 0 aliphatic heterocycles. The van der Waals surface area contributed by atoms with Gasteiger partial charge in [0.25, 0.3) is 0 Å². The summed E-state index contributed by atoms with van der Waals surface area (Å²) in [5.41, 5.74) is 7.68. The number of nitrogens with zero attached hydrogens (tertiary/aromatic N) is 2. The highest BCUT2D eigenvalue weighted by atomic mass is 16.4. The molecule has 3 aromatic rings. The molecule has 0 aliphatic carbocycles. The normalized spacial score (nSPS) is 10.1. The van der Waals surface area contributed by atoms with Crippen LogP contribution in [0.25, 0.3) is 11.0 Å². The number of benzene rings is 1. The van der Waals surface area contributed by atoms with Crippen molar-refractivity contribution in [2.24, 2.45) is 0 Å². The van der Waals surface area contributed by atoms with E-state index in [9.17, 15) is 4.79 Å². The zero-order valence-corrected chi connectivity index (χ0v) is 14.3. The van der Waals surface area contributed by atoms with Crippen LogP contribution in [-0.4, -0.2) is 18.1 Å². The molecule has 0 fully saturated rings. The van der Waals surface area contributed by atoms with Gasteiger partial charge in [-0.2, -0.15) is 0 Å². The highest BCUT2D eigenvalue weighted by molar-refractivity contribution is 5.83. The van der Waals surface area contributed by atoms with Crippen molar-refractivity contribution in [3.8, 4) is 0 Å². The van der Waals surface area contributed by atoms with Crippen molar-refractivity contribution in [3.63, 3.8) is 0 Å². The second kappa shape index (κ2) is 8.15. The van der Waals surface area contributed by atoms with Crippen molar-refractivity contribution in [1.29, 1.82) is 0 Å². The van der Waals surface area contributed by atoms with E-state index in [0.29, 0.717) is 11.4 Å². The fourth-order valence-corrected chi connectivity index (χ4v) is 2.48. The first kappa shape index (κ1) is 17.5. The van der Waals surface area contributed by atoms with E-state index in [0.717, 1.165) is 29.7 Å². The molecule has 0 saturated carbocycles. The molecule has 0 radical (unpaired) electrons. The number of hydrogen-bond acceptors (Lipinski definition) is 5. The van der Waals surface area contributed by atoms with E-state index in [4.69, 9.17) is 10.2 Å². The minimum Gasteiger partial charge on any atom is -0.423 e. The molecule has 0 amide bonds. The number of pyridine rings is 1. The lowest BCUT2D eigenvalue weighted by Gasteiger charge is -2.21. The molecular weight excluding hydrogens is 302 g/mol. The third-order valence-electron chi connectivity index (χ3n) is 3.75. The number of nitrogens with two attached hydrogens (primary N) is 1. The highest BCUT2D eigenvalue weighted by Gasteiger charge is 2.06. The molecule has 0 saturated heterocycles. The van der Waals surface area contributed by atoms with E-state index in [2.05, 4.69) is 29.8 Å². The molecule has 0 spiro atoms. The zero-order chi connectivity index (χ0) is 17.5. The first-order valence-corrected chi connectivity index (χ1v) is 8.01. The van der Waals surface area contributed by atoms with Gasteiger partial charge in [-0.25, -0.2) is 9.78 Å². The third kappa shape index (κ3) is 4.35. The predicted molar refractivity (Wildman–Crippen MR) is 99.4 cm³/mol. The molecule has 5 nitrogen and oxygen atoms in total. The van der Waals surface area contributed by atoms with Crippen molar-refractivity contribution < 1.29 is 4.42 Å². The van der Waals surface area contributed by atoms with Crippen LogP contribution in [0.2, 0.25) is 0 Å². The van der Waals surface area contributed by atoms with Gasteiger partial charge in [-0.05, 0) is 50.6 Å². The van der Waals surface area contributed by atoms with Crippen LogP contribution in [0.15, 0.2) is 57.9 Å². The first-order chi connectivity index (χ1) is 11.5. The van der Waals surface area contributed by atoms with Crippen LogP contribution in [0.3, 0.4) is 0 Å². The number of anilines is 2. The van der Waals surface area contributed by atoms with Gasteiger partial charge in [0.1, 0.15) is 11.4 Å². The van der Waals surface area contributed by atoms with E-state index >= 15 is 0 Å². The fourth-order valence-electron chi connectivity index (χ4n) is 2.48. The third-order valence-corrected chi connectivity index (χ3v) is 3.75. The average molecular weight is 325 g/mol. The monoisotopic (exact) mass is 325 g/mol. The topological polar surface area (TPSA) is 72.4 Å². The van der Waals surface area contributed by atoms with Crippen LogP contribution in [-0.2, 0) is 0 Å². The smallest absolute Gasteiger partial charge is 0.336 e. The second-order valence-corrected chi connectivity index (χ2v) is 5.36. The summed E-state index contributed by atoms with van der Waals surface area (Å²) >= 11 is 0. The Hall–Kier alpha value is -2.82. The van der Waals surface area contributed by atoms with Gasteiger partial charge in [0, 0.05) is 42.5 Å². The molecule has 0 atom stereocenters. The van der Waals surface area contributed by atoms with E-state index in [1.807, 2.05) is 31.2 Å². The van der Waals surface area contributed by atoms with Crippen molar-refractivity contribution in [2.45, 2.75) is 20.8 Å². The molecular formula is C19H23N3O2.